The van der Waals surface area contributed by atoms with E-state index in [1.807, 2.05) is 25.7 Å². The number of urea groups is 1. The van der Waals surface area contributed by atoms with Crippen LogP contribution < -0.4 is 5.32 Å². The molecule has 0 spiro atoms. The number of carbonyl (C=O) groups excluding carboxylic acids is 1. The second kappa shape index (κ2) is 6.06. The summed E-state index contributed by atoms with van der Waals surface area (Å²) in [6, 6.07) is 0.0412. The number of piperazine rings is 1. The minimum absolute atomic E-state index is 0.0412. The largest absolute Gasteiger partial charge is 0.361 e. The number of nitrogens with one attached hydrogen (secondary N) is 1. The van der Waals surface area contributed by atoms with Gasteiger partial charge in [0.15, 0.2) is 0 Å². The van der Waals surface area contributed by atoms with Crippen molar-refractivity contribution in [3.63, 3.8) is 0 Å². The van der Waals surface area contributed by atoms with E-state index in [1.54, 1.807) is 0 Å². The Morgan fingerprint density at radius 2 is 2.00 bits per heavy atom. The number of aryl methyl sites for hydroxylation is 2. The normalized spacial score (nSPS) is 16.7. The van der Waals surface area contributed by atoms with Crippen molar-refractivity contribution < 1.29 is 9.32 Å². The van der Waals surface area contributed by atoms with Gasteiger partial charge in [-0.2, -0.15) is 0 Å². The van der Waals surface area contributed by atoms with E-state index in [2.05, 4.69) is 15.4 Å². The first-order valence-corrected chi connectivity index (χ1v) is 6.78. The molecule has 106 valence electrons. The van der Waals surface area contributed by atoms with Gasteiger partial charge in [-0.15, -0.1) is 0 Å². The van der Waals surface area contributed by atoms with Gasteiger partial charge in [-0.25, -0.2) is 4.79 Å². The van der Waals surface area contributed by atoms with E-state index in [9.17, 15) is 4.79 Å². The Morgan fingerprint density at radius 1 is 1.32 bits per heavy atom. The summed E-state index contributed by atoms with van der Waals surface area (Å²) in [6.07, 6.45) is 0. The first-order chi connectivity index (χ1) is 9.11. The molecule has 1 N–H and O–H groups in total. The predicted octanol–water partition coefficient (Wildman–Crippen LogP) is 1.14. The third-order valence-corrected chi connectivity index (χ3v) is 3.55. The standard InChI is InChI=1S/C13H22N4O2/c1-4-14-13(18)17-7-5-16(6-8-17)9-12-10(2)15-19-11(12)3/h4-9H2,1-3H3,(H,14,18). The first-order valence-electron chi connectivity index (χ1n) is 6.78. The monoisotopic (exact) mass is 266 g/mol. The fourth-order valence-corrected chi connectivity index (χ4v) is 2.32. The Balaban J connectivity index is 1.85. The van der Waals surface area contributed by atoms with Crippen LogP contribution in [0.15, 0.2) is 4.52 Å². The molecule has 1 saturated heterocycles. The second-order valence-corrected chi connectivity index (χ2v) is 4.90. The molecule has 2 amide bonds. The van der Waals surface area contributed by atoms with Gasteiger partial charge in [0, 0.05) is 44.8 Å². The van der Waals surface area contributed by atoms with Crippen molar-refractivity contribution in [2.45, 2.75) is 27.3 Å². The number of hydrogen-bond acceptors (Lipinski definition) is 4. The lowest BCUT2D eigenvalue weighted by molar-refractivity contribution is 0.135. The van der Waals surface area contributed by atoms with Crippen LogP contribution in [0.1, 0.15) is 23.9 Å². The van der Waals surface area contributed by atoms with Gasteiger partial charge >= 0.3 is 6.03 Å². The molecule has 1 aliphatic heterocycles. The second-order valence-electron chi connectivity index (χ2n) is 4.90. The predicted molar refractivity (Wildman–Crippen MR) is 71.9 cm³/mol. The Morgan fingerprint density at radius 3 is 2.53 bits per heavy atom. The average Bonchev–Trinajstić information content (AvgIpc) is 2.72. The van der Waals surface area contributed by atoms with Crippen LogP contribution in [0.25, 0.3) is 0 Å². The smallest absolute Gasteiger partial charge is 0.317 e. The SMILES string of the molecule is CCNC(=O)N1CCN(Cc2c(C)noc2C)CC1. The van der Waals surface area contributed by atoms with E-state index in [0.717, 1.165) is 44.2 Å². The van der Waals surface area contributed by atoms with Crippen molar-refractivity contribution in [2.24, 2.45) is 0 Å². The molecule has 1 aromatic rings. The van der Waals surface area contributed by atoms with Crippen molar-refractivity contribution >= 4 is 6.03 Å². The van der Waals surface area contributed by atoms with Crippen molar-refractivity contribution in [1.82, 2.24) is 20.3 Å². The average molecular weight is 266 g/mol. The molecule has 0 radical (unpaired) electrons. The molecular weight excluding hydrogens is 244 g/mol. The fourth-order valence-electron chi connectivity index (χ4n) is 2.32. The Labute approximate surface area is 113 Å². The molecule has 0 aliphatic carbocycles. The maximum absolute atomic E-state index is 11.7. The van der Waals surface area contributed by atoms with Crippen LogP contribution in [0.4, 0.5) is 4.79 Å². The number of hydrogen-bond donors (Lipinski definition) is 1. The third kappa shape index (κ3) is 3.26. The number of carbonyl (C=O) groups is 1. The summed E-state index contributed by atoms with van der Waals surface area (Å²) < 4.78 is 5.18. The van der Waals surface area contributed by atoms with E-state index in [4.69, 9.17) is 4.52 Å². The van der Waals surface area contributed by atoms with Gasteiger partial charge in [-0.3, -0.25) is 4.90 Å². The van der Waals surface area contributed by atoms with Crippen LogP contribution in [-0.2, 0) is 6.54 Å². The maximum Gasteiger partial charge on any atom is 0.317 e. The van der Waals surface area contributed by atoms with Gasteiger partial charge in [0.05, 0.1) is 5.69 Å². The summed E-state index contributed by atoms with van der Waals surface area (Å²) in [5, 5.41) is 6.81. The van der Waals surface area contributed by atoms with Crippen molar-refractivity contribution in [3.05, 3.63) is 17.0 Å². The highest BCUT2D eigenvalue weighted by Gasteiger charge is 2.22. The number of rotatable bonds is 3. The van der Waals surface area contributed by atoms with E-state index < -0.39 is 0 Å². The van der Waals surface area contributed by atoms with Gasteiger partial charge in [0.2, 0.25) is 0 Å². The summed E-state index contributed by atoms with van der Waals surface area (Å²) in [7, 11) is 0. The molecule has 0 bridgehead atoms. The van der Waals surface area contributed by atoms with E-state index in [-0.39, 0.29) is 6.03 Å². The molecule has 0 saturated carbocycles. The first kappa shape index (κ1) is 13.9. The van der Waals surface area contributed by atoms with E-state index in [1.165, 1.54) is 5.56 Å². The topological polar surface area (TPSA) is 61.6 Å². The summed E-state index contributed by atoms with van der Waals surface area (Å²) >= 11 is 0. The Hall–Kier alpha value is -1.56. The lowest BCUT2D eigenvalue weighted by Gasteiger charge is -2.34. The zero-order chi connectivity index (χ0) is 13.8. The molecule has 6 heteroatoms. The molecule has 1 fully saturated rings. The minimum Gasteiger partial charge on any atom is -0.361 e. The quantitative estimate of drug-likeness (QED) is 0.891. The molecule has 6 nitrogen and oxygen atoms in total. The van der Waals surface area contributed by atoms with Crippen LogP contribution in [0.5, 0.6) is 0 Å². The molecule has 0 aromatic carbocycles. The van der Waals surface area contributed by atoms with Gasteiger partial charge in [0.1, 0.15) is 5.76 Å². The lowest BCUT2D eigenvalue weighted by atomic mass is 10.2. The minimum atomic E-state index is 0.0412. The van der Waals surface area contributed by atoms with Crippen LogP contribution in [-0.4, -0.2) is 53.7 Å². The highest BCUT2D eigenvalue weighted by molar-refractivity contribution is 5.74. The summed E-state index contributed by atoms with van der Waals surface area (Å²) in [4.78, 5) is 15.9. The zero-order valence-corrected chi connectivity index (χ0v) is 11.9. The van der Waals surface area contributed by atoms with Crippen LogP contribution in [0.2, 0.25) is 0 Å². The van der Waals surface area contributed by atoms with Gasteiger partial charge < -0.3 is 14.7 Å². The Bertz CT molecular complexity index is 416. The number of aromatic nitrogens is 1. The summed E-state index contributed by atoms with van der Waals surface area (Å²) in [5.74, 6) is 0.892. The van der Waals surface area contributed by atoms with Gasteiger partial charge in [-0.05, 0) is 20.8 Å². The maximum atomic E-state index is 11.7. The highest BCUT2D eigenvalue weighted by atomic mass is 16.5. The molecule has 1 aliphatic rings. The van der Waals surface area contributed by atoms with E-state index in [0.29, 0.717) is 6.54 Å². The Kier molecular flexibility index (Phi) is 4.42. The van der Waals surface area contributed by atoms with Crippen molar-refractivity contribution in [1.29, 1.82) is 0 Å². The fraction of sp³-hybridized carbons (Fsp3) is 0.692. The van der Waals surface area contributed by atoms with Crippen LogP contribution in [0.3, 0.4) is 0 Å². The highest BCUT2D eigenvalue weighted by Crippen LogP contribution is 2.16. The third-order valence-electron chi connectivity index (χ3n) is 3.55. The molecule has 1 aromatic heterocycles. The molecule has 2 rings (SSSR count). The van der Waals surface area contributed by atoms with Crippen molar-refractivity contribution in [3.8, 4) is 0 Å². The van der Waals surface area contributed by atoms with Crippen LogP contribution >= 0.6 is 0 Å². The van der Waals surface area contributed by atoms with Gasteiger partial charge in [-0.1, -0.05) is 5.16 Å². The van der Waals surface area contributed by atoms with Gasteiger partial charge in [0.25, 0.3) is 0 Å². The summed E-state index contributed by atoms with van der Waals surface area (Å²) in [6.45, 7) is 10.7. The molecule has 19 heavy (non-hydrogen) atoms. The summed E-state index contributed by atoms with van der Waals surface area (Å²) in [5.41, 5.74) is 2.13. The molecule has 2 heterocycles. The number of amides is 2. The van der Waals surface area contributed by atoms with E-state index >= 15 is 0 Å². The lowest BCUT2D eigenvalue weighted by Crippen LogP contribution is -2.51. The van der Waals surface area contributed by atoms with Crippen molar-refractivity contribution in [2.75, 3.05) is 32.7 Å². The van der Waals surface area contributed by atoms with Crippen LogP contribution in [0, 0.1) is 13.8 Å². The molecule has 0 atom stereocenters. The molecular formula is C13H22N4O2. The zero-order valence-electron chi connectivity index (χ0n) is 11.9. The molecule has 0 unspecified atom stereocenters. The number of nitrogens with zero attached hydrogens (tertiary/aromatic N) is 3.